The molecule has 2 aromatic heterocycles. The number of nitrogens with zero attached hydrogens (tertiary/aromatic N) is 4. The maximum absolute atomic E-state index is 13.9. The summed E-state index contributed by atoms with van der Waals surface area (Å²) in [4.78, 5) is 31.3. The fourth-order valence-electron chi connectivity index (χ4n) is 5.24. The summed E-state index contributed by atoms with van der Waals surface area (Å²) in [6, 6.07) is 1.46. The van der Waals surface area contributed by atoms with Crippen molar-refractivity contribution in [1.29, 1.82) is 0 Å². The molecule has 1 aromatic carbocycles. The molecular formula is C25H28F4N6O5. The Labute approximate surface area is 225 Å². The summed E-state index contributed by atoms with van der Waals surface area (Å²) in [6.07, 6.45) is -3.14. The van der Waals surface area contributed by atoms with E-state index in [1.54, 1.807) is 25.1 Å². The standard InChI is InChI=1S/C25H28F4N6O5/c1-12-19(34-40-33-12)22(36)32-20(13-5-7-25(28,29)8-6-13)23-30-15-9-14(3-4-18(15)39-23)17(11-38-2)35-10-16(21(26)27)31-24(35)37/h3-4,9,13,16-17,20-21H,5-8,10-11H2,1-2H3,(H,31,37)(H,32,36). The van der Waals surface area contributed by atoms with Gasteiger partial charge in [0.15, 0.2) is 11.3 Å². The van der Waals surface area contributed by atoms with Gasteiger partial charge in [-0.05, 0) is 48.5 Å². The average Bonchev–Trinajstić information content (AvgIpc) is 3.63. The molecule has 3 heterocycles. The van der Waals surface area contributed by atoms with Crippen molar-refractivity contribution in [3.8, 4) is 0 Å². The van der Waals surface area contributed by atoms with Crippen molar-refractivity contribution in [3.63, 3.8) is 0 Å². The van der Waals surface area contributed by atoms with Crippen molar-refractivity contribution in [2.75, 3.05) is 20.3 Å². The Kier molecular flexibility index (Phi) is 7.66. The monoisotopic (exact) mass is 568 g/mol. The number of ether oxygens (including phenoxy) is 1. The molecule has 3 amide bonds. The van der Waals surface area contributed by atoms with Gasteiger partial charge in [-0.3, -0.25) is 4.79 Å². The number of oxazole rings is 1. The summed E-state index contributed by atoms with van der Waals surface area (Å²) in [5, 5.41) is 12.3. The molecule has 3 aromatic rings. The number of carbonyl (C=O) groups is 2. The summed E-state index contributed by atoms with van der Waals surface area (Å²) in [7, 11) is 1.44. The molecule has 216 valence electrons. The first-order valence-corrected chi connectivity index (χ1v) is 12.8. The highest BCUT2D eigenvalue weighted by Gasteiger charge is 2.41. The van der Waals surface area contributed by atoms with Crippen molar-refractivity contribution in [2.24, 2.45) is 5.92 Å². The highest BCUT2D eigenvalue weighted by molar-refractivity contribution is 5.93. The molecule has 2 aliphatic rings. The number of aromatic nitrogens is 3. The minimum atomic E-state index is -2.78. The first kappa shape index (κ1) is 27.8. The van der Waals surface area contributed by atoms with Crippen LogP contribution in [0.25, 0.3) is 11.1 Å². The lowest BCUT2D eigenvalue weighted by molar-refractivity contribution is -0.0503. The maximum Gasteiger partial charge on any atom is 0.318 e. The van der Waals surface area contributed by atoms with Gasteiger partial charge in [0.05, 0.1) is 12.6 Å². The number of methoxy groups -OCH3 is 1. The van der Waals surface area contributed by atoms with Gasteiger partial charge in [-0.1, -0.05) is 11.2 Å². The molecule has 1 saturated heterocycles. The van der Waals surface area contributed by atoms with Crippen LogP contribution in [0.3, 0.4) is 0 Å². The molecule has 2 N–H and O–H groups in total. The van der Waals surface area contributed by atoms with E-state index in [9.17, 15) is 27.2 Å². The number of fused-ring (bicyclic) bond motifs is 1. The van der Waals surface area contributed by atoms with E-state index < -0.39 is 48.3 Å². The van der Waals surface area contributed by atoms with E-state index in [0.717, 1.165) is 0 Å². The normalized spacial score (nSPS) is 21.1. The van der Waals surface area contributed by atoms with Crippen LogP contribution < -0.4 is 10.6 Å². The van der Waals surface area contributed by atoms with Gasteiger partial charge in [0.2, 0.25) is 11.8 Å². The molecule has 0 spiro atoms. The van der Waals surface area contributed by atoms with Gasteiger partial charge >= 0.3 is 6.03 Å². The molecule has 1 aliphatic carbocycles. The molecular weight excluding hydrogens is 540 g/mol. The third-order valence-electron chi connectivity index (χ3n) is 7.43. The second-order valence-corrected chi connectivity index (χ2v) is 10.1. The van der Waals surface area contributed by atoms with Crippen LogP contribution in [0, 0.1) is 12.8 Å². The lowest BCUT2D eigenvalue weighted by Crippen LogP contribution is -2.37. The first-order valence-electron chi connectivity index (χ1n) is 12.8. The lowest BCUT2D eigenvalue weighted by atomic mass is 9.82. The van der Waals surface area contributed by atoms with Crippen LogP contribution in [0.2, 0.25) is 0 Å². The van der Waals surface area contributed by atoms with Crippen LogP contribution in [0.5, 0.6) is 0 Å². The summed E-state index contributed by atoms with van der Waals surface area (Å²) < 4.78 is 70.2. The number of hydrogen-bond donors (Lipinski definition) is 2. The highest BCUT2D eigenvalue weighted by Crippen LogP contribution is 2.42. The zero-order chi connectivity index (χ0) is 28.6. The lowest BCUT2D eigenvalue weighted by Gasteiger charge is -2.32. The molecule has 1 aliphatic heterocycles. The maximum atomic E-state index is 13.9. The third-order valence-corrected chi connectivity index (χ3v) is 7.43. The Bertz CT molecular complexity index is 1370. The number of benzene rings is 1. The number of halogens is 4. The number of nitrogens with one attached hydrogen (secondary N) is 2. The molecule has 15 heteroatoms. The van der Waals surface area contributed by atoms with Crippen molar-refractivity contribution in [1.82, 2.24) is 30.8 Å². The van der Waals surface area contributed by atoms with Gasteiger partial charge in [0, 0.05) is 26.5 Å². The smallest absolute Gasteiger partial charge is 0.318 e. The van der Waals surface area contributed by atoms with E-state index in [0.29, 0.717) is 16.7 Å². The largest absolute Gasteiger partial charge is 0.438 e. The van der Waals surface area contributed by atoms with Crippen molar-refractivity contribution in [2.45, 2.75) is 63.1 Å². The summed E-state index contributed by atoms with van der Waals surface area (Å²) in [5.41, 5.74) is 1.52. The average molecular weight is 569 g/mol. The van der Waals surface area contributed by atoms with E-state index in [1.807, 2.05) is 0 Å². The zero-order valence-electron chi connectivity index (χ0n) is 21.7. The first-order chi connectivity index (χ1) is 19.1. The van der Waals surface area contributed by atoms with Crippen LogP contribution in [-0.4, -0.2) is 70.8 Å². The highest BCUT2D eigenvalue weighted by atomic mass is 19.3. The Morgan fingerprint density at radius 3 is 2.65 bits per heavy atom. The topological polar surface area (TPSA) is 136 Å². The number of hydrogen-bond acceptors (Lipinski definition) is 8. The van der Waals surface area contributed by atoms with Crippen LogP contribution in [0.1, 0.15) is 65.4 Å². The minimum absolute atomic E-state index is 0.0413. The molecule has 40 heavy (non-hydrogen) atoms. The van der Waals surface area contributed by atoms with Gasteiger partial charge in [0.25, 0.3) is 12.3 Å². The Balaban J connectivity index is 1.45. The van der Waals surface area contributed by atoms with Crippen molar-refractivity contribution < 1.29 is 40.9 Å². The van der Waals surface area contributed by atoms with Gasteiger partial charge < -0.3 is 24.7 Å². The summed E-state index contributed by atoms with van der Waals surface area (Å²) in [6.45, 7) is 1.38. The van der Waals surface area contributed by atoms with Crippen molar-refractivity contribution in [3.05, 3.63) is 41.0 Å². The van der Waals surface area contributed by atoms with Crippen LogP contribution in [0.15, 0.2) is 27.2 Å². The van der Waals surface area contributed by atoms with Gasteiger partial charge in [-0.25, -0.2) is 32.0 Å². The SMILES string of the molecule is COCC(c1ccc2oc(C(NC(=O)c3nonc3C)C3CCC(F)(F)CC3)nc2c1)N1CC(C(F)F)NC1=O. The van der Waals surface area contributed by atoms with E-state index in [2.05, 4.69) is 30.6 Å². The number of alkyl halides is 4. The number of amides is 3. The number of carbonyl (C=O) groups excluding carboxylic acids is 2. The van der Waals surface area contributed by atoms with E-state index in [-0.39, 0.29) is 56.1 Å². The van der Waals surface area contributed by atoms with E-state index >= 15 is 0 Å². The number of rotatable bonds is 9. The molecule has 3 atom stereocenters. The second kappa shape index (κ2) is 11.0. The summed E-state index contributed by atoms with van der Waals surface area (Å²) in [5.74, 6) is -3.67. The van der Waals surface area contributed by atoms with E-state index in [4.69, 9.17) is 9.15 Å². The van der Waals surface area contributed by atoms with Gasteiger partial charge in [-0.2, -0.15) is 0 Å². The fraction of sp³-hybridized carbons (Fsp3) is 0.560. The fourth-order valence-corrected chi connectivity index (χ4v) is 5.24. The Hall–Kier alpha value is -3.75. The molecule has 1 saturated carbocycles. The predicted molar refractivity (Wildman–Crippen MR) is 130 cm³/mol. The predicted octanol–water partition coefficient (Wildman–Crippen LogP) is 4.16. The second-order valence-electron chi connectivity index (χ2n) is 10.1. The Morgan fingerprint density at radius 1 is 1.27 bits per heavy atom. The Morgan fingerprint density at radius 2 is 2.02 bits per heavy atom. The third kappa shape index (κ3) is 5.60. The molecule has 11 nitrogen and oxygen atoms in total. The van der Waals surface area contributed by atoms with Gasteiger partial charge in [-0.15, -0.1) is 0 Å². The molecule has 2 fully saturated rings. The molecule has 0 bridgehead atoms. The van der Waals surface area contributed by atoms with Gasteiger partial charge in [0.1, 0.15) is 23.3 Å². The number of aryl methyl sites for hydroxylation is 1. The van der Waals surface area contributed by atoms with E-state index in [1.165, 1.54) is 12.0 Å². The quantitative estimate of drug-likeness (QED) is 0.368. The number of urea groups is 1. The van der Waals surface area contributed by atoms with Crippen molar-refractivity contribution >= 4 is 23.0 Å². The van der Waals surface area contributed by atoms with Crippen LogP contribution >= 0.6 is 0 Å². The molecule has 5 rings (SSSR count). The zero-order valence-corrected chi connectivity index (χ0v) is 21.7. The molecule has 3 unspecified atom stereocenters. The van der Waals surface area contributed by atoms with Crippen LogP contribution in [0.4, 0.5) is 22.4 Å². The minimum Gasteiger partial charge on any atom is -0.438 e. The molecule has 0 radical (unpaired) electrons. The summed E-state index contributed by atoms with van der Waals surface area (Å²) >= 11 is 0. The van der Waals surface area contributed by atoms with Crippen LogP contribution in [-0.2, 0) is 4.74 Å².